The van der Waals surface area contributed by atoms with Gasteiger partial charge in [0.05, 0.1) is 12.3 Å². The van der Waals surface area contributed by atoms with Crippen LogP contribution < -0.4 is 4.74 Å². The minimum atomic E-state index is 0.109. The molecule has 2 fully saturated rings. The Hall–Kier alpha value is -2.36. The Kier molecular flexibility index (Phi) is 4.35. The van der Waals surface area contributed by atoms with E-state index in [0.29, 0.717) is 17.7 Å². The zero-order valence-electron chi connectivity index (χ0n) is 15.7. The number of likely N-dealkylation sites (tertiary alicyclic amines) is 1. The molecule has 0 spiro atoms. The second-order valence-electron chi connectivity index (χ2n) is 8.08. The van der Waals surface area contributed by atoms with Crippen molar-refractivity contribution >= 4 is 5.91 Å². The number of ether oxygens (including phenoxy) is 1. The summed E-state index contributed by atoms with van der Waals surface area (Å²) in [6, 6.07) is 12.5. The van der Waals surface area contributed by atoms with Crippen LogP contribution in [0.2, 0.25) is 0 Å². The van der Waals surface area contributed by atoms with E-state index >= 15 is 0 Å². The van der Waals surface area contributed by atoms with Crippen molar-refractivity contribution in [1.29, 1.82) is 0 Å². The van der Waals surface area contributed by atoms with Gasteiger partial charge in [-0.1, -0.05) is 18.9 Å². The number of piperidine rings is 1. The first-order chi connectivity index (χ1) is 13.3. The lowest BCUT2D eigenvalue weighted by molar-refractivity contribution is 0.0385. The van der Waals surface area contributed by atoms with Crippen molar-refractivity contribution in [3.63, 3.8) is 0 Å². The fraction of sp³-hybridized carbons (Fsp3) is 0.478. The van der Waals surface area contributed by atoms with Crippen LogP contribution in [-0.4, -0.2) is 35.0 Å². The second kappa shape index (κ2) is 6.99. The van der Waals surface area contributed by atoms with Crippen LogP contribution in [0.25, 0.3) is 11.3 Å². The van der Waals surface area contributed by atoms with Crippen LogP contribution >= 0.6 is 0 Å². The molecule has 5 rings (SSSR count). The third kappa shape index (κ3) is 3.11. The van der Waals surface area contributed by atoms with Crippen molar-refractivity contribution in [1.82, 2.24) is 9.88 Å². The number of rotatable bonds is 2. The molecule has 2 atom stereocenters. The van der Waals surface area contributed by atoms with Gasteiger partial charge in [-0.2, -0.15) is 0 Å². The Balaban J connectivity index is 1.42. The first kappa shape index (κ1) is 16.8. The molecule has 0 radical (unpaired) electrons. The van der Waals surface area contributed by atoms with Gasteiger partial charge in [0.2, 0.25) is 0 Å². The Morgan fingerprint density at radius 3 is 2.93 bits per heavy atom. The Morgan fingerprint density at radius 1 is 1.07 bits per heavy atom. The summed E-state index contributed by atoms with van der Waals surface area (Å²) >= 11 is 0. The summed E-state index contributed by atoms with van der Waals surface area (Å²) in [5, 5.41) is 0. The van der Waals surface area contributed by atoms with E-state index in [1.165, 1.54) is 31.2 Å². The Labute approximate surface area is 160 Å². The minimum absolute atomic E-state index is 0.109. The average Bonchev–Trinajstić information content (AvgIpc) is 3.21. The molecule has 140 valence electrons. The van der Waals surface area contributed by atoms with Gasteiger partial charge in [-0.05, 0) is 67.5 Å². The summed E-state index contributed by atoms with van der Waals surface area (Å²) in [5.74, 6) is 1.77. The van der Waals surface area contributed by atoms with Gasteiger partial charge < -0.3 is 9.64 Å². The molecular formula is C23H26N2O2. The summed E-state index contributed by atoms with van der Waals surface area (Å²) in [5.41, 5.74) is 3.73. The van der Waals surface area contributed by atoms with E-state index in [9.17, 15) is 4.79 Å². The van der Waals surface area contributed by atoms with Crippen LogP contribution in [0.5, 0.6) is 5.75 Å². The monoisotopic (exact) mass is 362 g/mol. The number of benzene rings is 1. The highest BCUT2D eigenvalue weighted by molar-refractivity contribution is 5.93. The summed E-state index contributed by atoms with van der Waals surface area (Å²) in [6.07, 6.45) is 8.34. The maximum absolute atomic E-state index is 13.3. The molecule has 1 aromatic carbocycles. The Bertz CT molecular complexity index is 861. The smallest absolute Gasteiger partial charge is 0.272 e. The summed E-state index contributed by atoms with van der Waals surface area (Å²) in [4.78, 5) is 20.1. The molecule has 1 saturated heterocycles. The topological polar surface area (TPSA) is 42.4 Å². The summed E-state index contributed by atoms with van der Waals surface area (Å²) < 4.78 is 5.60. The molecule has 1 aliphatic carbocycles. The standard InChI is InChI=1S/C23H26N2O2/c26-23(25-13-4-6-16-5-1-2-9-21(16)25)20-8-3-7-19(24-20)17-10-11-22-18(15-17)12-14-27-22/h3,7-8,10-11,15-16,21H,1-2,4-6,9,12-14H2. The van der Waals surface area contributed by atoms with Crippen LogP contribution in [-0.2, 0) is 6.42 Å². The third-order valence-corrected chi connectivity index (χ3v) is 6.46. The first-order valence-electron chi connectivity index (χ1n) is 10.3. The molecule has 4 heteroatoms. The SMILES string of the molecule is O=C(c1cccc(-c2ccc3c(c2)CCO3)n1)N1CCCC2CCCCC21. The van der Waals surface area contributed by atoms with Crippen molar-refractivity contribution in [2.24, 2.45) is 5.92 Å². The van der Waals surface area contributed by atoms with Gasteiger partial charge in [0.25, 0.3) is 5.91 Å². The molecule has 1 saturated carbocycles. The number of aromatic nitrogens is 1. The number of amides is 1. The minimum Gasteiger partial charge on any atom is -0.493 e. The van der Waals surface area contributed by atoms with Gasteiger partial charge >= 0.3 is 0 Å². The predicted octanol–water partition coefficient (Wildman–Crippen LogP) is 4.48. The lowest BCUT2D eigenvalue weighted by Gasteiger charge is -2.44. The molecule has 1 amide bonds. The zero-order valence-corrected chi connectivity index (χ0v) is 15.7. The quantitative estimate of drug-likeness (QED) is 0.791. The molecule has 0 N–H and O–H groups in total. The van der Waals surface area contributed by atoms with E-state index in [-0.39, 0.29) is 5.91 Å². The van der Waals surface area contributed by atoms with Gasteiger partial charge in [0.15, 0.2) is 0 Å². The second-order valence-corrected chi connectivity index (χ2v) is 8.08. The van der Waals surface area contributed by atoms with Crippen molar-refractivity contribution in [3.8, 4) is 17.0 Å². The molecule has 2 aliphatic heterocycles. The maximum atomic E-state index is 13.3. The van der Waals surface area contributed by atoms with Gasteiger partial charge in [-0.3, -0.25) is 4.79 Å². The van der Waals surface area contributed by atoms with Gasteiger partial charge in [-0.15, -0.1) is 0 Å². The number of pyridine rings is 1. The molecule has 0 bridgehead atoms. The zero-order chi connectivity index (χ0) is 18.2. The highest BCUT2D eigenvalue weighted by Crippen LogP contribution is 2.36. The van der Waals surface area contributed by atoms with Gasteiger partial charge in [-0.25, -0.2) is 4.98 Å². The molecule has 1 aromatic heterocycles. The van der Waals surface area contributed by atoms with E-state index < -0.39 is 0 Å². The van der Waals surface area contributed by atoms with Crippen LogP contribution in [0.4, 0.5) is 0 Å². The van der Waals surface area contributed by atoms with Gasteiger partial charge in [0, 0.05) is 24.6 Å². The van der Waals surface area contributed by atoms with E-state index in [2.05, 4.69) is 11.0 Å². The summed E-state index contributed by atoms with van der Waals surface area (Å²) in [6.45, 7) is 1.63. The van der Waals surface area contributed by atoms with Crippen molar-refractivity contribution in [3.05, 3.63) is 47.7 Å². The van der Waals surface area contributed by atoms with Crippen LogP contribution in [0.15, 0.2) is 36.4 Å². The van der Waals surface area contributed by atoms with Crippen molar-refractivity contribution in [2.45, 2.75) is 51.0 Å². The normalized spacial score (nSPS) is 24.1. The highest BCUT2D eigenvalue weighted by Gasteiger charge is 2.36. The summed E-state index contributed by atoms with van der Waals surface area (Å²) in [7, 11) is 0. The largest absolute Gasteiger partial charge is 0.493 e. The van der Waals surface area contributed by atoms with Crippen molar-refractivity contribution < 1.29 is 9.53 Å². The molecule has 3 aliphatic rings. The number of carbonyl (C=O) groups excluding carboxylic acids is 1. The molecular weight excluding hydrogens is 336 g/mol. The predicted molar refractivity (Wildman–Crippen MR) is 105 cm³/mol. The van der Waals surface area contributed by atoms with Crippen molar-refractivity contribution in [2.75, 3.05) is 13.2 Å². The van der Waals surface area contributed by atoms with E-state index in [0.717, 1.165) is 49.4 Å². The number of hydrogen-bond acceptors (Lipinski definition) is 3. The molecule has 2 unspecified atom stereocenters. The molecule has 2 aromatic rings. The fourth-order valence-corrected chi connectivity index (χ4v) is 5.08. The maximum Gasteiger partial charge on any atom is 0.272 e. The molecule has 3 heterocycles. The van der Waals surface area contributed by atoms with E-state index in [4.69, 9.17) is 9.72 Å². The average molecular weight is 362 g/mol. The first-order valence-corrected chi connectivity index (χ1v) is 10.3. The highest BCUT2D eigenvalue weighted by atomic mass is 16.5. The van der Waals surface area contributed by atoms with E-state index in [1.807, 2.05) is 30.3 Å². The number of hydrogen-bond donors (Lipinski definition) is 0. The molecule has 4 nitrogen and oxygen atoms in total. The third-order valence-electron chi connectivity index (χ3n) is 6.46. The van der Waals surface area contributed by atoms with Crippen LogP contribution in [0.1, 0.15) is 54.6 Å². The van der Waals surface area contributed by atoms with Crippen LogP contribution in [0, 0.1) is 5.92 Å². The number of nitrogens with zero attached hydrogens (tertiary/aromatic N) is 2. The number of carbonyl (C=O) groups is 1. The van der Waals surface area contributed by atoms with Crippen LogP contribution in [0.3, 0.4) is 0 Å². The van der Waals surface area contributed by atoms with Gasteiger partial charge in [0.1, 0.15) is 11.4 Å². The fourth-order valence-electron chi connectivity index (χ4n) is 5.08. The molecule has 27 heavy (non-hydrogen) atoms. The lowest BCUT2D eigenvalue weighted by Crippen LogP contribution is -2.49. The Morgan fingerprint density at radius 2 is 1.96 bits per heavy atom. The lowest BCUT2D eigenvalue weighted by atomic mass is 9.78. The van der Waals surface area contributed by atoms with E-state index in [1.54, 1.807) is 0 Å². The number of fused-ring (bicyclic) bond motifs is 2.